The van der Waals surface area contributed by atoms with Crippen molar-refractivity contribution in [2.75, 3.05) is 13.7 Å². The minimum absolute atomic E-state index is 0.0718. The minimum Gasteiger partial charge on any atom is -0.496 e. The first-order valence-electron chi connectivity index (χ1n) is 7.12. The lowest BCUT2D eigenvalue weighted by atomic mass is 10.1. The van der Waals surface area contributed by atoms with Crippen molar-refractivity contribution in [1.29, 1.82) is 0 Å². The average Bonchev–Trinajstić information content (AvgIpc) is 2.80. The van der Waals surface area contributed by atoms with Gasteiger partial charge in [0.25, 0.3) is 0 Å². The molecule has 0 amide bonds. The standard InChI is InChI=1S/C16H24N4O/c1-16(2,3)20-15(17)18-9-8-11-10-19-12-6-5-7-13(21-4)14(11)12/h5-7,10,19H,8-9H2,1-4H3,(H3,17,18,20). The van der Waals surface area contributed by atoms with Gasteiger partial charge in [-0.1, -0.05) is 6.07 Å². The number of nitrogens with one attached hydrogen (secondary N) is 2. The molecular weight excluding hydrogens is 264 g/mol. The minimum atomic E-state index is -0.0718. The lowest BCUT2D eigenvalue weighted by Crippen LogP contribution is -2.45. The maximum absolute atomic E-state index is 5.87. The third-order valence-electron chi connectivity index (χ3n) is 3.14. The van der Waals surface area contributed by atoms with Crippen LogP contribution in [0.2, 0.25) is 0 Å². The maximum Gasteiger partial charge on any atom is 0.188 e. The average molecular weight is 288 g/mol. The summed E-state index contributed by atoms with van der Waals surface area (Å²) in [4.78, 5) is 7.64. The van der Waals surface area contributed by atoms with E-state index < -0.39 is 0 Å². The van der Waals surface area contributed by atoms with Gasteiger partial charge in [0.2, 0.25) is 0 Å². The number of nitrogens with zero attached hydrogens (tertiary/aromatic N) is 1. The van der Waals surface area contributed by atoms with Crippen LogP contribution >= 0.6 is 0 Å². The molecule has 0 spiro atoms. The number of hydrogen-bond acceptors (Lipinski definition) is 2. The monoisotopic (exact) mass is 288 g/mol. The first-order chi connectivity index (χ1) is 9.90. The lowest BCUT2D eigenvalue weighted by Gasteiger charge is -2.20. The predicted molar refractivity (Wildman–Crippen MR) is 87.9 cm³/mol. The molecular formula is C16H24N4O. The van der Waals surface area contributed by atoms with Crippen LogP contribution in [0.1, 0.15) is 26.3 Å². The predicted octanol–water partition coefficient (Wildman–Crippen LogP) is 2.42. The topological polar surface area (TPSA) is 75.4 Å². The number of H-pyrrole nitrogens is 1. The van der Waals surface area contributed by atoms with Crippen LogP contribution in [0.4, 0.5) is 0 Å². The van der Waals surface area contributed by atoms with Crippen LogP contribution in [-0.2, 0) is 6.42 Å². The third-order valence-corrected chi connectivity index (χ3v) is 3.14. The molecule has 2 aromatic rings. The molecule has 0 aliphatic carbocycles. The first-order valence-corrected chi connectivity index (χ1v) is 7.12. The van der Waals surface area contributed by atoms with Gasteiger partial charge in [-0.05, 0) is 44.9 Å². The molecule has 5 nitrogen and oxygen atoms in total. The molecule has 21 heavy (non-hydrogen) atoms. The van der Waals surface area contributed by atoms with Crippen LogP contribution in [0.15, 0.2) is 29.4 Å². The summed E-state index contributed by atoms with van der Waals surface area (Å²) in [5.74, 6) is 1.36. The number of methoxy groups -OCH3 is 1. The van der Waals surface area contributed by atoms with E-state index in [1.54, 1.807) is 7.11 Å². The Morgan fingerprint density at radius 3 is 2.81 bits per heavy atom. The molecule has 4 N–H and O–H groups in total. The highest BCUT2D eigenvalue weighted by molar-refractivity contribution is 5.89. The summed E-state index contributed by atoms with van der Waals surface area (Å²) in [6.07, 6.45) is 2.82. The smallest absolute Gasteiger partial charge is 0.188 e. The molecule has 0 saturated carbocycles. The molecule has 0 radical (unpaired) electrons. The van der Waals surface area contributed by atoms with Crippen LogP contribution in [0, 0.1) is 0 Å². The summed E-state index contributed by atoms with van der Waals surface area (Å²) in [6, 6.07) is 5.99. The van der Waals surface area contributed by atoms with Crippen LogP contribution in [-0.4, -0.2) is 30.1 Å². The Bertz CT molecular complexity index is 637. The molecule has 1 aromatic carbocycles. The van der Waals surface area contributed by atoms with Gasteiger partial charge in [0.15, 0.2) is 5.96 Å². The second-order valence-electron chi connectivity index (χ2n) is 6.09. The van der Waals surface area contributed by atoms with Crippen molar-refractivity contribution in [3.05, 3.63) is 30.0 Å². The fourth-order valence-electron chi connectivity index (χ4n) is 2.31. The summed E-state index contributed by atoms with van der Waals surface area (Å²) in [7, 11) is 1.69. The molecule has 1 aromatic heterocycles. The Morgan fingerprint density at radius 2 is 2.14 bits per heavy atom. The number of hydrogen-bond donors (Lipinski definition) is 3. The van der Waals surface area contributed by atoms with Crippen molar-refractivity contribution < 1.29 is 4.74 Å². The molecule has 0 aliphatic heterocycles. The maximum atomic E-state index is 5.87. The van der Waals surface area contributed by atoms with Gasteiger partial charge in [-0.15, -0.1) is 0 Å². The highest BCUT2D eigenvalue weighted by Crippen LogP contribution is 2.28. The normalized spacial score (nSPS) is 12.7. The molecule has 0 atom stereocenters. The fourth-order valence-corrected chi connectivity index (χ4v) is 2.31. The van der Waals surface area contributed by atoms with E-state index in [2.05, 4.69) is 36.1 Å². The Labute approximate surface area is 125 Å². The van der Waals surface area contributed by atoms with Crippen LogP contribution < -0.4 is 15.8 Å². The van der Waals surface area contributed by atoms with E-state index in [9.17, 15) is 0 Å². The highest BCUT2D eigenvalue weighted by atomic mass is 16.5. The zero-order valence-corrected chi connectivity index (χ0v) is 13.2. The zero-order chi connectivity index (χ0) is 15.5. The summed E-state index contributed by atoms with van der Waals surface area (Å²) >= 11 is 0. The van der Waals surface area contributed by atoms with E-state index in [1.165, 1.54) is 5.56 Å². The Balaban J connectivity index is 2.09. The van der Waals surface area contributed by atoms with Crippen molar-refractivity contribution in [2.24, 2.45) is 10.7 Å². The number of ether oxygens (including phenoxy) is 1. The quantitative estimate of drug-likeness (QED) is 0.597. The zero-order valence-electron chi connectivity index (χ0n) is 13.2. The van der Waals surface area contributed by atoms with Crippen LogP contribution in [0.3, 0.4) is 0 Å². The fraction of sp³-hybridized carbons (Fsp3) is 0.438. The summed E-state index contributed by atoms with van der Waals surface area (Å²) in [6.45, 7) is 6.81. The highest BCUT2D eigenvalue weighted by Gasteiger charge is 2.10. The van der Waals surface area contributed by atoms with Crippen molar-refractivity contribution in [3.63, 3.8) is 0 Å². The Hall–Kier alpha value is -2.17. The van der Waals surface area contributed by atoms with E-state index in [4.69, 9.17) is 10.5 Å². The third kappa shape index (κ3) is 3.90. The van der Waals surface area contributed by atoms with Crippen LogP contribution in [0.5, 0.6) is 5.75 Å². The lowest BCUT2D eigenvalue weighted by molar-refractivity contribution is 0.419. The molecule has 2 rings (SSSR count). The molecule has 114 valence electrons. The van der Waals surface area contributed by atoms with Gasteiger partial charge in [0.1, 0.15) is 5.75 Å². The number of aromatic nitrogens is 1. The number of nitrogens with two attached hydrogens (primary N) is 1. The molecule has 1 heterocycles. The van der Waals surface area contributed by atoms with Gasteiger partial charge in [0.05, 0.1) is 7.11 Å². The van der Waals surface area contributed by atoms with Gasteiger partial charge in [0, 0.05) is 29.2 Å². The number of rotatable bonds is 4. The van der Waals surface area contributed by atoms with Crippen molar-refractivity contribution in [2.45, 2.75) is 32.7 Å². The molecule has 5 heteroatoms. The van der Waals surface area contributed by atoms with Gasteiger partial charge in [-0.25, -0.2) is 0 Å². The summed E-state index contributed by atoms with van der Waals surface area (Å²) in [5, 5.41) is 4.28. The molecule has 0 aliphatic rings. The SMILES string of the molecule is COc1cccc2[nH]cc(CCN=C(N)NC(C)(C)C)c12. The number of benzene rings is 1. The van der Waals surface area contributed by atoms with Gasteiger partial charge < -0.3 is 20.8 Å². The number of guanidine groups is 1. The second kappa shape index (κ2) is 6.08. The summed E-state index contributed by atoms with van der Waals surface area (Å²) < 4.78 is 5.43. The Morgan fingerprint density at radius 1 is 1.38 bits per heavy atom. The van der Waals surface area contributed by atoms with E-state index >= 15 is 0 Å². The van der Waals surface area contributed by atoms with E-state index in [0.717, 1.165) is 23.1 Å². The summed E-state index contributed by atoms with van der Waals surface area (Å²) in [5.41, 5.74) is 8.07. The second-order valence-corrected chi connectivity index (χ2v) is 6.09. The van der Waals surface area contributed by atoms with E-state index in [0.29, 0.717) is 12.5 Å². The largest absolute Gasteiger partial charge is 0.496 e. The van der Waals surface area contributed by atoms with Crippen molar-refractivity contribution >= 4 is 16.9 Å². The number of fused-ring (bicyclic) bond motifs is 1. The van der Waals surface area contributed by atoms with Crippen molar-refractivity contribution in [3.8, 4) is 5.75 Å². The molecule has 0 unspecified atom stereocenters. The molecule has 0 fully saturated rings. The van der Waals surface area contributed by atoms with Crippen molar-refractivity contribution in [1.82, 2.24) is 10.3 Å². The molecule has 0 saturated heterocycles. The molecule has 0 bridgehead atoms. The first kappa shape index (κ1) is 15.2. The van der Waals surface area contributed by atoms with E-state index in [-0.39, 0.29) is 5.54 Å². The number of aromatic amines is 1. The van der Waals surface area contributed by atoms with Crippen LogP contribution in [0.25, 0.3) is 10.9 Å². The Kier molecular flexibility index (Phi) is 4.40. The van der Waals surface area contributed by atoms with Gasteiger partial charge in [-0.3, -0.25) is 4.99 Å². The van der Waals surface area contributed by atoms with E-state index in [1.807, 2.05) is 24.4 Å². The van der Waals surface area contributed by atoms with Gasteiger partial charge in [-0.2, -0.15) is 0 Å². The number of aliphatic imine (C=N–C) groups is 1. The van der Waals surface area contributed by atoms with Gasteiger partial charge >= 0.3 is 0 Å².